The molecule has 2 heterocycles. The van der Waals surface area contributed by atoms with Crippen LogP contribution in [0.5, 0.6) is 0 Å². The summed E-state index contributed by atoms with van der Waals surface area (Å²) in [6.45, 7) is 24.9. The monoisotopic (exact) mass is 621 g/mol. The van der Waals surface area contributed by atoms with Gasteiger partial charge in [0.2, 0.25) is 0 Å². The van der Waals surface area contributed by atoms with E-state index >= 15 is 0 Å². The van der Waals surface area contributed by atoms with Gasteiger partial charge in [-0.05, 0) is 93.7 Å². The van der Waals surface area contributed by atoms with E-state index in [4.69, 9.17) is 5.10 Å². The van der Waals surface area contributed by atoms with Crippen LogP contribution in [-0.4, -0.2) is 56.8 Å². The van der Waals surface area contributed by atoms with E-state index in [1.807, 2.05) is 10.7 Å². The molecule has 5 rings (SSSR count). The molecule has 1 aliphatic carbocycles. The molecule has 2 aliphatic rings. The van der Waals surface area contributed by atoms with Gasteiger partial charge in [-0.25, -0.2) is 4.68 Å². The van der Waals surface area contributed by atoms with Gasteiger partial charge in [0.1, 0.15) is 5.82 Å². The smallest absolute Gasteiger partial charge is 0.132 e. The number of hydrogen-bond donors (Lipinski definition) is 2. The molecular weight excluding hydrogens is 566 g/mol. The van der Waals surface area contributed by atoms with Gasteiger partial charge >= 0.3 is 0 Å². The molecule has 0 spiro atoms. The molecular formula is C40H55N5O. The fourth-order valence-electron chi connectivity index (χ4n) is 7.30. The topological polar surface area (TPSA) is 56.6 Å². The summed E-state index contributed by atoms with van der Waals surface area (Å²) < 4.78 is 2.02. The van der Waals surface area contributed by atoms with Crippen molar-refractivity contribution in [1.82, 2.24) is 25.1 Å². The number of aromatic nitrogens is 2. The van der Waals surface area contributed by atoms with E-state index in [2.05, 4.69) is 126 Å². The first-order chi connectivity index (χ1) is 21.9. The Labute approximate surface area is 277 Å². The normalized spacial score (nSPS) is 19.9. The number of rotatable bonds is 12. The number of allylic oxidation sites excluding steroid dienone is 3. The van der Waals surface area contributed by atoms with Gasteiger partial charge in [0, 0.05) is 29.6 Å². The van der Waals surface area contributed by atoms with Crippen molar-refractivity contribution < 1.29 is 5.21 Å². The quantitative estimate of drug-likeness (QED) is 0.157. The number of benzene rings is 2. The zero-order valence-corrected chi connectivity index (χ0v) is 29.0. The van der Waals surface area contributed by atoms with Crippen LogP contribution in [0, 0.1) is 25.7 Å². The molecule has 6 heteroatoms. The summed E-state index contributed by atoms with van der Waals surface area (Å²) in [4.78, 5) is 2.17. The van der Waals surface area contributed by atoms with Gasteiger partial charge < -0.3 is 15.4 Å². The molecule has 2 atom stereocenters. The average Bonchev–Trinajstić information content (AvgIpc) is 3.60. The van der Waals surface area contributed by atoms with Gasteiger partial charge in [0.05, 0.1) is 18.1 Å². The van der Waals surface area contributed by atoms with Crippen LogP contribution in [0.25, 0.3) is 22.5 Å². The average molecular weight is 622 g/mol. The van der Waals surface area contributed by atoms with Crippen LogP contribution in [0.4, 0.5) is 0 Å². The maximum absolute atomic E-state index is 10.3. The highest BCUT2D eigenvalue weighted by atomic mass is 16.5. The molecule has 1 saturated heterocycles. The minimum absolute atomic E-state index is 0.114. The lowest BCUT2D eigenvalue weighted by Gasteiger charge is -2.44. The first-order valence-electron chi connectivity index (χ1n) is 17.1. The molecule has 46 heavy (non-hydrogen) atoms. The minimum Gasteiger partial charge on any atom is -0.340 e. The zero-order valence-electron chi connectivity index (χ0n) is 29.0. The number of hydrogen-bond acceptors (Lipinski definition) is 5. The van der Waals surface area contributed by atoms with Crippen molar-refractivity contribution in [2.75, 3.05) is 26.3 Å². The summed E-state index contributed by atoms with van der Waals surface area (Å²) >= 11 is 0. The van der Waals surface area contributed by atoms with Crippen LogP contribution in [0.3, 0.4) is 0 Å². The summed E-state index contributed by atoms with van der Waals surface area (Å²) in [5, 5.41) is 20.7. The SMILES string of the molecule is C=CCC1CCCC(CNC(C)(C)C(C)(C)c2cccc(C(=C)/C=C(/N3CCN(O)C3)n3nc(C)c(-c4ccccc4)c3C)c2)C1. The van der Waals surface area contributed by atoms with Crippen molar-refractivity contribution in [2.45, 2.75) is 84.6 Å². The Hall–Kier alpha value is -3.45. The molecule has 1 aliphatic heterocycles. The third-order valence-electron chi connectivity index (χ3n) is 10.9. The largest absolute Gasteiger partial charge is 0.340 e. The summed E-state index contributed by atoms with van der Waals surface area (Å²) in [6.07, 6.45) is 10.6. The lowest BCUT2D eigenvalue weighted by Crippen LogP contribution is -2.55. The highest BCUT2D eigenvalue weighted by molar-refractivity contribution is 5.79. The first-order valence-corrected chi connectivity index (χ1v) is 17.1. The summed E-state index contributed by atoms with van der Waals surface area (Å²) in [5.41, 5.74) is 7.38. The Morgan fingerprint density at radius 1 is 1.02 bits per heavy atom. The standard InChI is InChI=1S/C40H55N5O/c1-9-15-32-16-13-17-33(25-32)27-41-40(7,8)39(5,6)36-21-14-20-35(26-36)29(2)24-37(43-22-23-44(46)28-43)45-31(4)38(30(3)42-45)34-18-11-10-12-19-34/h9-12,14,18-21,24,26,32-33,41,46H,1-2,13,15-17,22-23,25,27-28H2,3-8H3/b37-24-. The minimum atomic E-state index is -0.127. The molecule has 0 amide bonds. The number of hydroxylamine groups is 2. The lowest BCUT2D eigenvalue weighted by atomic mass is 9.69. The van der Waals surface area contributed by atoms with Gasteiger partial charge in [-0.2, -0.15) is 10.2 Å². The van der Waals surface area contributed by atoms with E-state index in [9.17, 15) is 5.21 Å². The Balaban J connectivity index is 1.41. The lowest BCUT2D eigenvalue weighted by molar-refractivity contribution is -0.0768. The number of aryl methyl sites for hydroxylation is 1. The van der Waals surface area contributed by atoms with Crippen LogP contribution < -0.4 is 5.32 Å². The van der Waals surface area contributed by atoms with E-state index < -0.39 is 0 Å². The molecule has 0 radical (unpaired) electrons. The van der Waals surface area contributed by atoms with Crippen LogP contribution in [0.1, 0.15) is 82.3 Å². The van der Waals surface area contributed by atoms with Crippen molar-refractivity contribution in [3.8, 4) is 11.1 Å². The highest BCUT2D eigenvalue weighted by Gasteiger charge is 2.39. The molecule has 1 saturated carbocycles. The molecule has 0 bridgehead atoms. The maximum Gasteiger partial charge on any atom is 0.132 e. The van der Waals surface area contributed by atoms with E-state index in [1.165, 1.54) is 36.3 Å². The van der Waals surface area contributed by atoms with Crippen molar-refractivity contribution in [1.29, 1.82) is 0 Å². The molecule has 2 unspecified atom stereocenters. The van der Waals surface area contributed by atoms with Gasteiger partial charge in [-0.15, -0.1) is 6.58 Å². The first kappa shape index (κ1) is 33.9. The third-order valence-corrected chi connectivity index (χ3v) is 10.9. The third kappa shape index (κ3) is 7.25. The summed E-state index contributed by atoms with van der Waals surface area (Å²) in [6, 6.07) is 19.3. The number of nitrogens with zero attached hydrogens (tertiary/aromatic N) is 4. The van der Waals surface area contributed by atoms with Crippen LogP contribution in [0.15, 0.2) is 79.9 Å². The molecule has 6 nitrogen and oxygen atoms in total. The predicted octanol–water partition coefficient (Wildman–Crippen LogP) is 8.67. The predicted molar refractivity (Wildman–Crippen MR) is 192 cm³/mol. The van der Waals surface area contributed by atoms with Crippen molar-refractivity contribution in [3.05, 3.63) is 102 Å². The fourth-order valence-corrected chi connectivity index (χ4v) is 7.30. The number of nitrogens with one attached hydrogen (secondary N) is 1. The van der Waals surface area contributed by atoms with Crippen LogP contribution >= 0.6 is 0 Å². The second-order valence-corrected chi connectivity index (χ2v) is 14.6. The molecule has 2 N–H and O–H groups in total. The van der Waals surface area contributed by atoms with Gasteiger partial charge in [-0.3, -0.25) is 0 Å². The van der Waals surface area contributed by atoms with Crippen LogP contribution in [-0.2, 0) is 5.41 Å². The Bertz CT molecular complexity index is 1550. The van der Waals surface area contributed by atoms with Crippen LogP contribution in [0.2, 0.25) is 0 Å². The van der Waals surface area contributed by atoms with Crippen molar-refractivity contribution >= 4 is 11.4 Å². The highest BCUT2D eigenvalue weighted by Crippen LogP contribution is 2.38. The summed E-state index contributed by atoms with van der Waals surface area (Å²) in [5.74, 6) is 2.43. The van der Waals surface area contributed by atoms with Gasteiger partial charge in [0.25, 0.3) is 0 Å². The Kier molecular flexibility index (Phi) is 10.4. The van der Waals surface area contributed by atoms with Gasteiger partial charge in [0.15, 0.2) is 0 Å². The van der Waals surface area contributed by atoms with E-state index in [0.717, 1.165) is 64.3 Å². The second-order valence-electron chi connectivity index (χ2n) is 14.6. The van der Waals surface area contributed by atoms with Gasteiger partial charge in [-0.1, -0.05) is 93.9 Å². The molecule has 3 aromatic rings. The Morgan fingerprint density at radius 3 is 2.46 bits per heavy atom. The van der Waals surface area contributed by atoms with E-state index in [1.54, 1.807) is 0 Å². The molecule has 2 fully saturated rings. The molecule has 1 aromatic heterocycles. The molecule has 2 aromatic carbocycles. The Morgan fingerprint density at radius 2 is 1.76 bits per heavy atom. The maximum atomic E-state index is 10.3. The van der Waals surface area contributed by atoms with Crippen molar-refractivity contribution in [2.24, 2.45) is 11.8 Å². The molecule has 246 valence electrons. The van der Waals surface area contributed by atoms with Crippen molar-refractivity contribution in [3.63, 3.8) is 0 Å². The van der Waals surface area contributed by atoms with E-state index in [-0.39, 0.29) is 11.0 Å². The fraction of sp³-hybridized carbons (Fsp3) is 0.475. The zero-order chi connectivity index (χ0) is 33.1. The van der Waals surface area contributed by atoms with E-state index in [0.29, 0.717) is 19.8 Å². The second kappa shape index (κ2) is 14.1. The summed E-state index contributed by atoms with van der Waals surface area (Å²) in [7, 11) is 0.